The van der Waals surface area contributed by atoms with Gasteiger partial charge in [-0.2, -0.15) is 0 Å². The van der Waals surface area contributed by atoms with Crippen molar-refractivity contribution in [2.75, 3.05) is 0 Å². The molecule has 0 aromatic carbocycles. The topological polar surface area (TPSA) is 96.2 Å². The molecule has 0 spiro atoms. The van der Waals surface area contributed by atoms with Crippen LogP contribution < -0.4 is 42.5 Å². The summed E-state index contributed by atoms with van der Waals surface area (Å²) in [7, 11) is 6.95. The Kier molecular flexibility index (Phi) is 7.25. The van der Waals surface area contributed by atoms with Crippen molar-refractivity contribution in [1.82, 2.24) is 42.5 Å². The molecule has 9 aliphatic rings. The zero-order chi connectivity index (χ0) is 27.1. The molecule has 17 unspecified atom stereocenters. The lowest BCUT2D eigenvalue weighted by Gasteiger charge is -2.38. The van der Waals surface area contributed by atoms with Gasteiger partial charge >= 0.3 is 0 Å². The van der Waals surface area contributed by atoms with E-state index in [2.05, 4.69) is 42.5 Å². The SMILES string of the molecule is [B]C1CCCC2C3NC4NC(NC5NC(NC6NC(NC(N3)C12)C1CCCCC61)C1CCCCC51)C1CCCCC41. The second-order valence-corrected chi connectivity index (χ2v) is 15.8. The third kappa shape index (κ3) is 4.62. The minimum atomic E-state index is 0.272. The molecule has 8 nitrogen and oxygen atoms in total. The quantitative estimate of drug-likeness (QED) is 0.213. The predicted molar refractivity (Wildman–Crippen MR) is 162 cm³/mol. The molecule has 5 saturated heterocycles. The summed E-state index contributed by atoms with van der Waals surface area (Å²) in [5.41, 5.74) is 0. The minimum Gasteiger partial charge on any atom is -0.286 e. The van der Waals surface area contributed by atoms with Crippen molar-refractivity contribution in [3.63, 3.8) is 0 Å². The Balaban J connectivity index is 1.06. The van der Waals surface area contributed by atoms with E-state index in [-0.39, 0.29) is 12.0 Å². The van der Waals surface area contributed by atoms with Crippen LogP contribution in [0.15, 0.2) is 0 Å². The van der Waals surface area contributed by atoms with Gasteiger partial charge in [-0.05, 0) is 92.3 Å². The van der Waals surface area contributed by atoms with Gasteiger partial charge in [0, 0.05) is 0 Å². The van der Waals surface area contributed by atoms with Gasteiger partial charge in [0.05, 0.1) is 57.2 Å². The van der Waals surface area contributed by atoms with Gasteiger partial charge in [0.15, 0.2) is 0 Å². The minimum absolute atomic E-state index is 0.272. The second-order valence-electron chi connectivity index (χ2n) is 15.8. The largest absolute Gasteiger partial charge is 0.286 e. The molecule has 9 rings (SSSR count). The Hall–Kier alpha value is -0.255. The Bertz CT molecular complexity index is 953. The van der Waals surface area contributed by atoms with Crippen molar-refractivity contribution in [2.24, 2.45) is 47.3 Å². The van der Waals surface area contributed by atoms with E-state index in [1.54, 1.807) is 0 Å². The molecule has 17 atom stereocenters. The fraction of sp³-hybridized carbons (Fsp3) is 1.00. The smallest absolute Gasteiger partial charge is 0.0704 e. The second kappa shape index (κ2) is 11.0. The first-order chi connectivity index (χ1) is 20.2. The normalized spacial score (nSPS) is 58.3. The molecule has 5 aliphatic heterocycles. The van der Waals surface area contributed by atoms with Gasteiger partial charge in [-0.25, -0.2) is 0 Å². The summed E-state index contributed by atoms with van der Waals surface area (Å²) in [5, 5.41) is 33.6. The molecule has 5 heterocycles. The Morgan fingerprint density at radius 3 is 0.902 bits per heavy atom. The summed E-state index contributed by atoms with van der Waals surface area (Å²) in [6.45, 7) is 0. The van der Waals surface area contributed by atoms with Crippen LogP contribution in [0.25, 0.3) is 0 Å². The highest BCUT2D eigenvalue weighted by Crippen LogP contribution is 2.47. The van der Waals surface area contributed by atoms with Crippen LogP contribution in [0.4, 0.5) is 0 Å². The first-order valence-corrected chi connectivity index (χ1v) is 18.1. The van der Waals surface area contributed by atoms with E-state index in [1.165, 1.54) is 89.9 Å². The van der Waals surface area contributed by atoms with Crippen LogP contribution in [0.5, 0.6) is 0 Å². The van der Waals surface area contributed by atoms with E-state index in [9.17, 15) is 0 Å². The third-order valence-corrected chi connectivity index (χ3v) is 13.9. The zero-order valence-corrected chi connectivity index (χ0v) is 25.0. The summed E-state index contributed by atoms with van der Waals surface area (Å²) < 4.78 is 0. The molecule has 2 radical (unpaired) electrons. The molecule has 0 aromatic rings. The molecule has 41 heavy (non-hydrogen) atoms. The van der Waals surface area contributed by atoms with Crippen LogP contribution in [0, 0.1) is 47.3 Å². The third-order valence-electron chi connectivity index (χ3n) is 13.9. The maximum absolute atomic E-state index is 6.95. The first kappa shape index (κ1) is 27.1. The van der Waals surface area contributed by atoms with Gasteiger partial charge < -0.3 is 0 Å². The molecular formula is C32H55BN8. The molecule has 4 saturated carbocycles. The lowest BCUT2D eigenvalue weighted by Crippen LogP contribution is -2.61. The highest BCUT2D eigenvalue weighted by Gasteiger charge is 2.54. The van der Waals surface area contributed by atoms with Gasteiger partial charge in [-0.15, -0.1) is 0 Å². The monoisotopic (exact) mass is 562 g/mol. The molecule has 9 heteroatoms. The number of nitrogens with one attached hydrogen (secondary N) is 8. The number of rotatable bonds is 0. The fourth-order valence-electron chi connectivity index (χ4n) is 12.1. The van der Waals surface area contributed by atoms with Crippen molar-refractivity contribution in [3.8, 4) is 0 Å². The summed E-state index contributed by atoms with van der Waals surface area (Å²) in [6.07, 6.45) is 23.0. The van der Waals surface area contributed by atoms with Gasteiger partial charge in [-0.1, -0.05) is 57.2 Å². The molecule has 8 N–H and O–H groups in total. The summed E-state index contributed by atoms with van der Waals surface area (Å²) in [6, 6.07) is 0. The van der Waals surface area contributed by atoms with E-state index in [0.29, 0.717) is 78.7 Å². The van der Waals surface area contributed by atoms with E-state index in [1.807, 2.05) is 0 Å². The molecule has 4 aliphatic carbocycles. The van der Waals surface area contributed by atoms with E-state index < -0.39 is 0 Å². The Morgan fingerprint density at radius 2 is 0.561 bits per heavy atom. The maximum Gasteiger partial charge on any atom is 0.0704 e. The summed E-state index contributed by atoms with van der Waals surface area (Å²) in [5.74, 6) is 5.65. The van der Waals surface area contributed by atoms with E-state index in [0.717, 1.165) is 18.3 Å². The number of fused-ring (bicyclic) bond motifs is 20. The van der Waals surface area contributed by atoms with Gasteiger partial charge in [-0.3, -0.25) is 42.5 Å². The Labute approximate surface area is 249 Å². The van der Waals surface area contributed by atoms with Crippen LogP contribution in [-0.4, -0.2) is 57.2 Å². The zero-order valence-electron chi connectivity index (χ0n) is 25.0. The average molecular weight is 563 g/mol. The van der Waals surface area contributed by atoms with Crippen LogP contribution in [0.3, 0.4) is 0 Å². The van der Waals surface area contributed by atoms with Gasteiger partial charge in [0.2, 0.25) is 0 Å². The fourth-order valence-corrected chi connectivity index (χ4v) is 12.1. The van der Waals surface area contributed by atoms with Crippen LogP contribution in [0.1, 0.15) is 96.3 Å². The van der Waals surface area contributed by atoms with Crippen LogP contribution >= 0.6 is 0 Å². The van der Waals surface area contributed by atoms with Crippen molar-refractivity contribution in [3.05, 3.63) is 0 Å². The molecule has 0 amide bonds. The lowest BCUT2D eigenvalue weighted by molar-refractivity contribution is 0.168. The maximum atomic E-state index is 6.95. The number of hydrogen-bond donors (Lipinski definition) is 8. The van der Waals surface area contributed by atoms with Crippen molar-refractivity contribution in [2.45, 2.75) is 151 Å². The predicted octanol–water partition coefficient (Wildman–Crippen LogP) is 2.17. The molecule has 9 fully saturated rings. The van der Waals surface area contributed by atoms with Gasteiger partial charge in [0.25, 0.3) is 0 Å². The van der Waals surface area contributed by atoms with Crippen molar-refractivity contribution < 1.29 is 0 Å². The van der Waals surface area contributed by atoms with E-state index in [4.69, 9.17) is 7.85 Å². The highest BCUT2D eigenvalue weighted by molar-refractivity contribution is 6.12. The van der Waals surface area contributed by atoms with Crippen molar-refractivity contribution >= 4 is 7.85 Å². The number of hydrogen-bond acceptors (Lipinski definition) is 8. The van der Waals surface area contributed by atoms with E-state index >= 15 is 0 Å². The molecule has 8 bridgehead atoms. The van der Waals surface area contributed by atoms with Crippen molar-refractivity contribution in [1.29, 1.82) is 0 Å². The summed E-state index contributed by atoms with van der Waals surface area (Å²) in [4.78, 5) is 0. The lowest BCUT2D eigenvalue weighted by atomic mass is 9.63. The average Bonchev–Trinajstić information content (AvgIpc) is 3.73. The van der Waals surface area contributed by atoms with Gasteiger partial charge in [0.1, 0.15) is 0 Å². The molecule has 0 aromatic heterocycles. The standard InChI is InChI=1S/C32H55BN8/c33-23-15-7-14-22-24(23)32-40-30-21-13-6-5-12-20(21)28(38-30)36-26-17-9-2-1-8-16(17)25(34-26)35-27-18-10-3-4-11-19(18)29(37-27)39-31(22)41-32/h16-32,34-41H,1-15H2. The highest BCUT2D eigenvalue weighted by atomic mass is 15.4. The molecule has 226 valence electrons. The van der Waals surface area contributed by atoms with Crippen LogP contribution in [0.2, 0.25) is 5.82 Å². The Morgan fingerprint density at radius 1 is 0.293 bits per heavy atom. The molecular weight excluding hydrogens is 507 g/mol. The first-order valence-electron chi connectivity index (χ1n) is 18.1. The van der Waals surface area contributed by atoms with Crippen LogP contribution in [-0.2, 0) is 0 Å². The summed E-state index contributed by atoms with van der Waals surface area (Å²) >= 11 is 0.